The fourth-order valence-electron chi connectivity index (χ4n) is 3.18. The van der Waals surface area contributed by atoms with Crippen molar-refractivity contribution in [3.8, 4) is 5.88 Å². The second-order valence-electron chi connectivity index (χ2n) is 7.19. The minimum Gasteiger partial charge on any atom is -0.480 e. The van der Waals surface area contributed by atoms with Crippen LogP contribution in [0.5, 0.6) is 5.88 Å². The van der Waals surface area contributed by atoms with Gasteiger partial charge in [-0.15, -0.1) is 0 Å². The zero-order chi connectivity index (χ0) is 24.8. The molecular formula is C25H24ClF2N5O. The lowest BCUT2D eigenvalue weighted by atomic mass is 10.1. The molecule has 0 aliphatic carbocycles. The van der Waals surface area contributed by atoms with Crippen molar-refractivity contribution < 1.29 is 13.5 Å². The first-order valence-electron chi connectivity index (χ1n) is 10.3. The topological polar surface area (TPSA) is 62.1 Å². The van der Waals surface area contributed by atoms with E-state index >= 15 is 4.39 Å². The van der Waals surface area contributed by atoms with Gasteiger partial charge in [-0.1, -0.05) is 24.3 Å². The summed E-state index contributed by atoms with van der Waals surface area (Å²) in [4.78, 5) is 14.4. The molecule has 2 heterocycles. The van der Waals surface area contributed by atoms with Crippen molar-refractivity contribution in [3.63, 3.8) is 0 Å². The Morgan fingerprint density at radius 1 is 1.26 bits per heavy atom. The van der Waals surface area contributed by atoms with E-state index in [1.807, 2.05) is 26.8 Å². The lowest BCUT2D eigenvalue weighted by Gasteiger charge is -2.24. The Morgan fingerprint density at radius 2 is 2.03 bits per heavy atom. The van der Waals surface area contributed by atoms with Crippen molar-refractivity contribution in [2.75, 3.05) is 12.4 Å². The normalized spacial score (nSPS) is 15.4. The maximum Gasteiger partial charge on any atom is 0.237 e. The number of methoxy groups -OCH3 is 1. The first-order valence-corrected chi connectivity index (χ1v) is 10.7. The number of aliphatic imine (C=N–C) groups is 2. The third-order valence-corrected chi connectivity index (χ3v) is 5.24. The lowest BCUT2D eigenvalue weighted by Crippen LogP contribution is -2.18. The highest BCUT2D eigenvalue weighted by molar-refractivity contribution is 6.30. The van der Waals surface area contributed by atoms with Crippen molar-refractivity contribution in [2.24, 2.45) is 9.98 Å². The summed E-state index contributed by atoms with van der Waals surface area (Å²) >= 11 is 6.01. The monoisotopic (exact) mass is 483 g/mol. The van der Waals surface area contributed by atoms with E-state index in [0.29, 0.717) is 16.4 Å². The Bertz CT molecular complexity index is 1260. The second-order valence-corrected chi connectivity index (χ2v) is 7.63. The summed E-state index contributed by atoms with van der Waals surface area (Å²) in [7, 11) is 1.43. The largest absolute Gasteiger partial charge is 0.480 e. The summed E-state index contributed by atoms with van der Waals surface area (Å²) in [6, 6.07) is 3.97. The molecule has 1 aliphatic heterocycles. The first kappa shape index (κ1) is 24.9. The molecule has 0 amide bonds. The van der Waals surface area contributed by atoms with Crippen LogP contribution in [0.15, 0.2) is 76.9 Å². The van der Waals surface area contributed by atoms with E-state index in [4.69, 9.17) is 16.3 Å². The zero-order valence-corrected chi connectivity index (χ0v) is 20.0. The molecule has 1 aromatic heterocycles. The molecule has 6 nitrogen and oxygen atoms in total. The van der Waals surface area contributed by atoms with Crippen molar-refractivity contribution >= 4 is 40.6 Å². The Hall–Kier alpha value is -3.78. The van der Waals surface area contributed by atoms with Crippen LogP contribution in [0.1, 0.15) is 26.3 Å². The van der Waals surface area contributed by atoms with E-state index in [-0.39, 0.29) is 22.8 Å². The van der Waals surface area contributed by atoms with Gasteiger partial charge in [0.15, 0.2) is 5.82 Å². The number of benzene rings is 1. The van der Waals surface area contributed by atoms with Gasteiger partial charge in [0.1, 0.15) is 11.5 Å². The second kappa shape index (κ2) is 10.9. The molecule has 0 spiro atoms. The highest BCUT2D eigenvalue weighted by Gasteiger charge is 2.22. The summed E-state index contributed by atoms with van der Waals surface area (Å²) in [5.74, 6) is -1.38. The van der Waals surface area contributed by atoms with Crippen LogP contribution in [0.4, 0.5) is 20.2 Å². The van der Waals surface area contributed by atoms with Gasteiger partial charge in [-0.3, -0.25) is 9.98 Å². The van der Waals surface area contributed by atoms with E-state index < -0.39 is 11.6 Å². The molecule has 0 bridgehead atoms. The number of pyridine rings is 1. The standard InChI is InChI=1S/C25H24ClF2N5O/c1-6-10-29-16(4)15(3)22-13-30-21(14-33(22)7-2)23-18(27)8-9-19(24(23)28)32-20-11-17(26)12-31-25(20)34-5/h6-14,32H,2H2,1,3-5H3/b10-6-,22-15+,29-16-. The lowest BCUT2D eigenvalue weighted by molar-refractivity contribution is 0.400. The van der Waals surface area contributed by atoms with E-state index in [1.165, 1.54) is 44.1 Å². The number of hydrogen-bond donors (Lipinski definition) is 1. The molecule has 0 fully saturated rings. The van der Waals surface area contributed by atoms with E-state index in [0.717, 1.165) is 17.4 Å². The van der Waals surface area contributed by atoms with Crippen molar-refractivity contribution in [3.05, 3.63) is 89.1 Å². The van der Waals surface area contributed by atoms with Gasteiger partial charge in [0.05, 0.1) is 41.0 Å². The number of anilines is 2. The van der Waals surface area contributed by atoms with Gasteiger partial charge >= 0.3 is 0 Å². The summed E-state index contributed by atoms with van der Waals surface area (Å²) in [5.41, 5.74) is 2.44. The smallest absolute Gasteiger partial charge is 0.237 e. The van der Waals surface area contributed by atoms with Crippen LogP contribution >= 0.6 is 11.6 Å². The molecule has 1 N–H and O–H groups in total. The van der Waals surface area contributed by atoms with Crippen molar-refractivity contribution in [2.45, 2.75) is 20.8 Å². The third-order valence-electron chi connectivity index (χ3n) is 5.03. The number of hydrogen-bond acceptors (Lipinski definition) is 6. The molecular weight excluding hydrogens is 460 g/mol. The maximum atomic E-state index is 15.5. The van der Waals surface area contributed by atoms with E-state index in [1.54, 1.807) is 11.1 Å². The number of nitrogens with zero attached hydrogens (tertiary/aromatic N) is 4. The average Bonchev–Trinajstić information content (AvgIpc) is 2.84. The molecule has 2 aromatic rings. The number of rotatable bonds is 7. The minimum atomic E-state index is -0.829. The summed E-state index contributed by atoms with van der Waals surface area (Å²) in [5, 5.41) is 3.20. The summed E-state index contributed by atoms with van der Waals surface area (Å²) < 4.78 is 35.5. The number of ether oxygens (including phenoxy) is 1. The van der Waals surface area contributed by atoms with Crippen LogP contribution in [0.25, 0.3) is 5.70 Å². The zero-order valence-electron chi connectivity index (χ0n) is 19.2. The van der Waals surface area contributed by atoms with Gasteiger partial charge in [-0.25, -0.2) is 13.8 Å². The van der Waals surface area contributed by atoms with Crippen LogP contribution in [0.3, 0.4) is 0 Å². The predicted octanol–water partition coefficient (Wildman–Crippen LogP) is 6.86. The van der Waals surface area contributed by atoms with Crippen LogP contribution in [0, 0.1) is 11.6 Å². The first-order chi connectivity index (χ1) is 16.3. The molecule has 1 aliphatic rings. The quantitative estimate of drug-likeness (QED) is 0.437. The van der Waals surface area contributed by atoms with Crippen LogP contribution < -0.4 is 10.1 Å². The molecule has 0 atom stereocenters. The van der Waals surface area contributed by atoms with Gasteiger partial charge in [-0.2, -0.15) is 0 Å². The molecule has 1 aromatic carbocycles. The molecule has 176 valence electrons. The summed E-state index contributed by atoms with van der Waals surface area (Å²) in [6.45, 7) is 9.43. The maximum absolute atomic E-state index is 15.5. The van der Waals surface area contributed by atoms with Crippen molar-refractivity contribution in [1.82, 2.24) is 9.88 Å². The van der Waals surface area contributed by atoms with E-state index in [9.17, 15) is 4.39 Å². The van der Waals surface area contributed by atoms with Gasteiger partial charge in [0, 0.05) is 30.5 Å². The van der Waals surface area contributed by atoms with Crippen LogP contribution in [-0.2, 0) is 0 Å². The average molecular weight is 484 g/mol. The van der Waals surface area contributed by atoms with Gasteiger partial charge in [-0.05, 0) is 44.5 Å². The number of aromatic nitrogens is 1. The van der Waals surface area contributed by atoms with Gasteiger partial charge < -0.3 is 15.0 Å². The number of allylic oxidation sites excluding steroid dienone is 3. The highest BCUT2D eigenvalue weighted by Crippen LogP contribution is 2.34. The molecule has 34 heavy (non-hydrogen) atoms. The fraction of sp³-hybridized carbons (Fsp3) is 0.160. The molecule has 0 unspecified atom stereocenters. The predicted molar refractivity (Wildman–Crippen MR) is 135 cm³/mol. The highest BCUT2D eigenvalue weighted by atomic mass is 35.5. The van der Waals surface area contributed by atoms with Gasteiger partial charge in [0.2, 0.25) is 5.88 Å². The minimum absolute atomic E-state index is 0.00636. The van der Waals surface area contributed by atoms with Gasteiger partial charge in [0.25, 0.3) is 0 Å². The summed E-state index contributed by atoms with van der Waals surface area (Å²) in [6.07, 6.45) is 9.49. The molecule has 3 rings (SSSR count). The molecule has 0 saturated carbocycles. The van der Waals surface area contributed by atoms with Crippen molar-refractivity contribution in [1.29, 1.82) is 0 Å². The fourth-order valence-corrected chi connectivity index (χ4v) is 3.34. The molecule has 0 radical (unpaired) electrons. The van der Waals surface area contributed by atoms with Crippen LogP contribution in [-0.4, -0.2) is 28.9 Å². The van der Waals surface area contributed by atoms with E-state index in [2.05, 4.69) is 26.9 Å². The van der Waals surface area contributed by atoms with Crippen LogP contribution in [0.2, 0.25) is 5.02 Å². The SMILES string of the molecule is C=CN1C=C(c2c(F)ccc(Nc3cc(Cl)cnc3OC)c2F)N=C\C1=C(C)/C(C)=N\C=C/C. The number of halogens is 3. The number of nitrogens with one attached hydrogen (secondary N) is 1. The Labute approximate surface area is 202 Å². The molecule has 9 heteroatoms. The Kier molecular flexibility index (Phi) is 7.96. The Morgan fingerprint density at radius 3 is 2.71 bits per heavy atom. The Balaban J connectivity index is 2.03. The third kappa shape index (κ3) is 5.23. The molecule has 0 saturated heterocycles.